The Morgan fingerprint density at radius 1 is 1.00 bits per heavy atom. The van der Waals surface area contributed by atoms with Crippen molar-refractivity contribution in [2.24, 2.45) is 0 Å². The summed E-state index contributed by atoms with van der Waals surface area (Å²) in [5.74, 6) is -1.98. The summed E-state index contributed by atoms with van der Waals surface area (Å²) in [7, 11) is 1.51. The molecule has 0 aromatic heterocycles. The van der Waals surface area contributed by atoms with Crippen molar-refractivity contribution in [2.75, 3.05) is 12.0 Å². The van der Waals surface area contributed by atoms with E-state index in [1.807, 2.05) is 6.92 Å². The number of nitrogens with zero attached hydrogens (tertiary/aromatic N) is 1. The standard InChI is InChI=1S/C25H20FNO4/c1-15-9-11-16(12-10-15)23(28)21-22(17-5-3-8-20(13-17)31-2)27(25(30)24(21)29)19-7-4-6-18(26)14-19/h3-14,22,28H,1-2H3/b23-21+. The van der Waals surface area contributed by atoms with Gasteiger partial charge in [0.25, 0.3) is 11.7 Å². The van der Waals surface area contributed by atoms with Crippen LogP contribution in [0.1, 0.15) is 22.7 Å². The van der Waals surface area contributed by atoms with Gasteiger partial charge in [0.2, 0.25) is 0 Å². The van der Waals surface area contributed by atoms with Crippen LogP contribution in [0.4, 0.5) is 10.1 Å². The molecule has 5 nitrogen and oxygen atoms in total. The summed E-state index contributed by atoms with van der Waals surface area (Å²) in [6.45, 7) is 1.91. The second-order valence-corrected chi connectivity index (χ2v) is 7.29. The molecule has 4 rings (SSSR count). The van der Waals surface area contributed by atoms with Gasteiger partial charge in [-0.1, -0.05) is 48.0 Å². The number of anilines is 1. The van der Waals surface area contributed by atoms with Crippen molar-refractivity contribution in [1.82, 2.24) is 0 Å². The van der Waals surface area contributed by atoms with Crippen LogP contribution in [0.5, 0.6) is 5.75 Å². The van der Waals surface area contributed by atoms with Gasteiger partial charge in [-0.2, -0.15) is 0 Å². The minimum atomic E-state index is -0.946. The van der Waals surface area contributed by atoms with E-state index in [9.17, 15) is 19.1 Å². The summed E-state index contributed by atoms with van der Waals surface area (Å²) in [4.78, 5) is 27.3. The molecule has 1 unspecified atom stereocenters. The van der Waals surface area contributed by atoms with Crippen molar-refractivity contribution in [3.8, 4) is 5.75 Å². The Balaban J connectivity index is 1.96. The second-order valence-electron chi connectivity index (χ2n) is 7.29. The van der Waals surface area contributed by atoms with Crippen molar-refractivity contribution in [3.63, 3.8) is 0 Å². The van der Waals surface area contributed by atoms with Crippen LogP contribution in [0.3, 0.4) is 0 Å². The third kappa shape index (κ3) is 3.68. The van der Waals surface area contributed by atoms with E-state index in [0.29, 0.717) is 16.9 Å². The first-order valence-electron chi connectivity index (χ1n) is 9.68. The molecule has 6 heteroatoms. The first kappa shape index (κ1) is 20.3. The van der Waals surface area contributed by atoms with E-state index in [4.69, 9.17) is 4.74 Å². The minimum Gasteiger partial charge on any atom is -0.507 e. The van der Waals surface area contributed by atoms with E-state index in [-0.39, 0.29) is 17.0 Å². The van der Waals surface area contributed by atoms with Crippen molar-refractivity contribution in [1.29, 1.82) is 0 Å². The van der Waals surface area contributed by atoms with Crippen LogP contribution < -0.4 is 9.64 Å². The number of benzene rings is 3. The number of amides is 1. The topological polar surface area (TPSA) is 66.8 Å². The molecule has 1 atom stereocenters. The smallest absolute Gasteiger partial charge is 0.300 e. The van der Waals surface area contributed by atoms with E-state index in [1.165, 1.54) is 30.2 Å². The maximum absolute atomic E-state index is 13.9. The third-order valence-electron chi connectivity index (χ3n) is 5.27. The molecule has 1 fully saturated rings. The van der Waals surface area contributed by atoms with Crippen molar-refractivity contribution in [3.05, 3.63) is 101 Å². The summed E-state index contributed by atoms with van der Waals surface area (Å²) in [5, 5.41) is 11.1. The quantitative estimate of drug-likeness (QED) is 0.377. The van der Waals surface area contributed by atoms with Gasteiger partial charge in [0.1, 0.15) is 17.3 Å². The van der Waals surface area contributed by atoms with E-state index < -0.39 is 23.5 Å². The first-order chi connectivity index (χ1) is 14.9. The van der Waals surface area contributed by atoms with Crippen LogP contribution in [0.2, 0.25) is 0 Å². The van der Waals surface area contributed by atoms with Crippen LogP contribution in [-0.2, 0) is 9.59 Å². The van der Waals surface area contributed by atoms with Crippen LogP contribution in [0.15, 0.2) is 78.4 Å². The lowest BCUT2D eigenvalue weighted by atomic mass is 9.94. The summed E-state index contributed by atoms with van der Waals surface area (Å²) < 4.78 is 19.2. The number of hydrogen-bond acceptors (Lipinski definition) is 4. The van der Waals surface area contributed by atoms with Crippen LogP contribution in [0, 0.1) is 12.7 Å². The zero-order valence-corrected chi connectivity index (χ0v) is 17.0. The second kappa shape index (κ2) is 8.07. The van der Waals surface area contributed by atoms with Crippen LogP contribution in [-0.4, -0.2) is 23.9 Å². The van der Waals surface area contributed by atoms with Gasteiger partial charge >= 0.3 is 0 Å². The van der Waals surface area contributed by atoms with Crippen molar-refractivity contribution in [2.45, 2.75) is 13.0 Å². The molecular weight excluding hydrogens is 397 g/mol. The van der Waals surface area contributed by atoms with E-state index in [1.54, 1.807) is 54.6 Å². The number of carbonyl (C=O) groups excluding carboxylic acids is 2. The molecule has 3 aromatic rings. The molecule has 1 aliphatic heterocycles. The average Bonchev–Trinajstić information content (AvgIpc) is 3.04. The molecule has 31 heavy (non-hydrogen) atoms. The molecule has 1 N–H and O–H groups in total. The number of carbonyl (C=O) groups is 2. The van der Waals surface area contributed by atoms with E-state index in [0.717, 1.165) is 5.56 Å². The molecule has 0 saturated carbocycles. The highest BCUT2D eigenvalue weighted by Gasteiger charge is 2.47. The molecule has 3 aromatic carbocycles. The number of Topliss-reactive ketones (excluding diaryl/α,β-unsaturated/α-hetero) is 1. The predicted octanol–water partition coefficient (Wildman–Crippen LogP) is 4.77. The molecule has 1 aliphatic rings. The van der Waals surface area contributed by atoms with Gasteiger partial charge in [0.15, 0.2) is 0 Å². The summed E-state index contributed by atoms with van der Waals surface area (Å²) in [5.41, 5.74) is 2.11. The largest absolute Gasteiger partial charge is 0.507 e. The molecule has 0 aliphatic carbocycles. The lowest BCUT2D eigenvalue weighted by molar-refractivity contribution is -0.132. The summed E-state index contributed by atoms with van der Waals surface area (Å²) in [6.07, 6.45) is 0. The Hall–Kier alpha value is -3.93. The van der Waals surface area contributed by atoms with E-state index in [2.05, 4.69) is 0 Å². The molecule has 1 heterocycles. The highest BCUT2D eigenvalue weighted by atomic mass is 19.1. The fourth-order valence-electron chi connectivity index (χ4n) is 3.72. The number of aliphatic hydroxyl groups excluding tert-OH is 1. The van der Waals surface area contributed by atoms with Crippen LogP contribution in [0.25, 0.3) is 5.76 Å². The number of aryl methyl sites for hydroxylation is 1. The molecule has 1 amide bonds. The minimum absolute atomic E-state index is 0.0635. The van der Waals surface area contributed by atoms with Crippen molar-refractivity contribution < 1.29 is 23.8 Å². The number of halogens is 1. The Morgan fingerprint density at radius 2 is 1.71 bits per heavy atom. The number of rotatable bonds is 4. The molecule has 156 valence electrons. The van der Waals surface area contributed by atoms with Gasteiger partial charge in [0.05, 0.1) is 18.7 Å². The Labute approximate surface area is 179 Å². The predicted molar refractivity (Wildman–Crippen MR) is 115 cm³/mol. The summed E-state index contributed by atoms with van der Waals surface area (Å²) in [6, 6.07) is 18.4. The van der Waals surface area contributed by atoms with E-state index >= 15 is 0 Å². The fraction of sp³-hybridized carbons (Fsp3) is 0.120. The number of aliphatic hydroxyl groups is 1. The van der Waals surface area contributed by atoms with Gasteiger partial charge in [-0.3, -0.25) is 14.5 Å². The van der Waals surface area contributed by atoms with Gasteiger partial charge in [-0.05, 0) is 42.8 Å². The molecular formula is C25H20FNO4. The average molecular weight is 417 g/mol. The normalized spacial score (nSPS) is 17.8. The zero-order chi connectivity index (χ0) is 22.1. The Kier molecular flexibility index (Phi) is 5.29. The molecule has 0 spiro atoms. The van der Waals surface area contributed by atoms with Crippen LogP contribution >= 0.6 is 0 Å². The zero-order valence-electron chi connectivity index (χ0n) is 17.0. The highest BCUT2D eigenvalue weighted by Crippen LogP contribution is 2.42. The lowest BCUT2D eigenvalue weighted by Gasteiger charge is -2.25. The number of ketones is 1. The molecule has 0 radical (unpaired) electrons. The maximum atomic E-state index is 13.9. The third-order valence-corrected chi connectivity index (χ3v) is 5.27. The Morgan fingerprint density at radius 3 is 2.39 bits per heavy atom. The number of ether oxygens (including phenoxy) is 1. The molecule has 0 bridgehead atoms. The monoisotopic (exact) mass is 417 g/mol. The van der Waals surface area contributed by atoms with Gasteiger partial charge < -0.3 is 9.84 Å². The summed E-state index contributed by atoms with van der Waals surface area (Å²) >= 11 is 0. The first-order valence-corrected chi connectivity index (χ1v) is 9.68. The maximum Gasteiger partial charge on any atom is 0.300 e. The van der Waals surface area contributed by atoms with Gasteiger partial charge in [-0.15, -0.1) is 0 Å². The van der Waals surface area contributed by atoms with Crippen molar-refractivity contribution >= 4 is 23.1 Å². The lowest BCUT2D eigenvalue weighted by Crippen LogP contribution is -2.29. The SMILES string of the molecule is COc1cccc(C2/C(=C(\O)c3ccc(C)cc3)C(=O)C(=O)N2c2cccc(F)c2)c1. The highest BCUT2D eigenvalue weighted by molar-refractivity contribution is 6.51. The molecule has 1 saturated heterocycles. The number of hydrogen-bond donors (Lipinski definition) is 1. The van der Waals surface area contributed by atoms with Gasteiger partial charge in [0, 0.05) is 11.3 Å². The Bertz CT molecular complexity index is 1200. The fourth-order valence-corrected chi connectivity index (χ4v) is 3.72. The van der Waals surface area contributed by atoms with Gasteiger partial charge in [-0.25, -0.2) is 4.39 Å². The number of methoxy groups -OCH3 is 1.